The van der Waals surface area contributed by atoms with Gasteiger partial charge in [0.05, 0.1) is 4.90 Å². The largest absolute Gasteiger partial charge is 0.350 e. The standard InChI is InChI=1S/C19H29N3O3S.ClH/c1-22(17-9-3-2-4-10-17)26(24,25)18-11-5-7-15(13-18)19(23)21-14-16-8-6-12-20-16;/h5,7,11,13,16-17,20H,2-4,6,8-10,12,14H2,1H3,(H,21,23);1H. The van der Waals surface area contributed by atoms with Crippen LogP contribution in [0.1, 0.15) is 55.3 Å². The van der Waals surface area contributed by atoms with Crippen molar-refractivity contribution in [3.63, 3.8) is 0 Å². The number of amides is 1. The van der Waals surface area contributed by atoms with Crippen molar-refractivity contribution in [1.29, 1.82) is 0 Å². The molecular formula is C19H30ClN3O3S. The Morgan fingerprint density at radius 3 is 2.59 bits per heavy atom. The highest BCUT2D eigenvalue weighted by Crippen LogP contribution is 2.26. The fourth-order valence-electron chi connectivity index (χ4n) is 3.85. The topological polar surface area (TPSA) is 78.5 Å². The molecule has 152 valence electrons. The molecule has 27 heavy (non-hydrogen) atoms. The highest BCUT2D eigenvalue weighted by molar-refractivity contribution is 7.89. The van der Waals surface area contributed by atoms with Crippen molar-refractivity contribution in [2.45, 2.75) is 61.9 Å². The molecule has 2 aliphatic rings. The van der Waals surface area contributed by atoms with Crippen molar-refractivity contribution < 1.29 is 13.2 Å². The Bertz CT molecular complexity index is 729. The fourth-order valence-corrected chi connectivity index (χ4v) is 5.32. The Balaban J connectivity index is 0.00000261. The zero-order valence-corrected chi connectivity index (χ0v) is 17.4. The molecule has 0 aromatic heterocycles. The van der Waals surface area contributed by atoms with Crippen molar-refractivity contribution in [2.24, 2.45) is 0 Å². The van der Waals surface area contributed by atoms with E-state index >= 15 is 0 Å². The van der Waals surface area contributed by atoms with Crippen LogP contribution >= 0.6 is 12.4 Å². The van der Waals surface area contributed by atoms with Gasteiger partial charge in [0.1, 0.15) is 0 Å². The minimum atomic E-state index is -3.58. The van der Waals surface area contributed by atoms with Gasteiger partial charge in [0, 0.05) is 31.2 Å². The first kappa shape index (κ1) is 22.1. The molecule has 1 aliphatic carbocycles. The number of sulfonamides is 1. The summed E-state index contributed by atoms with van der Waals surface area (Å²) >= 11 is 0. The van der Waals surface area contributed by atoms with Gasteiger partial charge in [-0.25, -0.2) is 8.42 Å². The van der Waals surface area contributed by atoms with Crippen LogP contribution in [0.25, 0.3) is 0 Å². The zero-order chi connectivity index (χ0) is 18.6. The summed E-state index contributed by atoms with van der Waals surface area (Å²) in [4.78, 5) is 12.6. The smallest absolute Gasteiger partial charge is 0.251 e. The summed E-state index contributed by atoms with van der Waals surface area (Å²) < 4.78 is 27.4. The lowest BCUT2D eigenvalue weighted by atomic mass is 9.96. The second-order valence-corrected chi connectivity index (χ2v) is 9.34. The summed E-state index contributed by atoms with van der Waals surface area (Å²) in [7, 11) is -1.93. The third-order valence-corrected chi connectivity index (χ3v) is 7.44. The summed E-state index contributed by atoms with van der Waals surface area (Å²) in [6.07, 6.45) is 7.32. The summed E-state index contributed by atoms with van der Waals surface area (Å²) in [5.41, 5.74) is 0.390. The lowest BCUT2D eigenvalue weighted by Gasteiger charge is -2.30. The highest BCUT2D eigenvalue weighted by atomic mass is 35.5. The molecule has 1 unspecified atom stereocenters. The normalized spacial score (nSPS) is 21.0. The number of carbonyl (C=O) groups is 1. The van der Waals surface area contributed by atoms with Crippen molar-refractivity contribution in [1.82, 2.24) is 14.9 Å². The molecule has 1 amide bonds. The van der Waals surface area contributed by atoms with Gasteiger partial charge >= 0.3 is 0 Å². The minimum absolute atomic E-state index is 0. The van der Waals surface area contributed by atoms with Crippen molar-refractivity contribution in [3.05, 3.63) is 29.8 Å². The molecule has 6 nitrogen and oxygen atoms in total. The van der Waals surface area contributed by atoms with Gasteiger partial charge in [0.2, 0.25) is 10.0 Å². The number of benzene rings is 1. The average Bonchev–Trinajstić information content (AvgIpc) is 3.20. The minimum Gasteiger partial charge on any atom is -0.350 e. The number of hydrogen-bond acceptors (Lipinski definition) is 4. The number of halogens is 1. The van der Waals surface area contributed by atoms with E-state index in [-0.39, 0.29) is 29.3 Å². The molecule has 8 heteroatoms. The van der Waals surface area contributed by atoms with Crippen LogP contribution < -0.4 is 10.6 Å². The van der Waals surface area contributed by atoms with Crippen molar-refractivity contribution >= 4 is 28.3 Å². The summed E-state index contributed by atoms with van der Waals surface area (Å²) in [5, 5.41) is 6.24. The molecule has 1 saturated carbocycles. The molecule has 1 saturated heterocycles. The van der Waals surface area contributed by atoms with E-state index < -0.39 is 10.0 Å². The first-order valence-corrected chi connectivity index (χ1v) is 11.0. The van der Waals surface area contributed by atoms with E-state index in [2.05, 4.69) is 10.6 Å². The lowest BCUT2D eigenvalue weighted by molar-refractivity contribution is 0.0950. The van der Waals surface area contributed by atoms with E-state index in [1.807, 2.05) is 0 Å². The summed E-state index contributed by atoms with van der Waals surface area (Å²) in [6, 6.07) is 6.74. The van der Waals surface area contributed by atoms with E-state index in [0.29, 0.717) is 18.2 Å². The van der Waals surface area contributed by atoms with Crippen LogP contribution in [0.5, 0.6) is 0 Å². The maximum Gasteiger partial charge on any atom is 0.251 e. The van der Waals surface area contributed by atoms with Gasteiger partial charge in [-0.05, 0) is 50.4 Å². The van der Waals surface area contributed by atoms with Gasteiger partial charge in [0.15, 0.2) is 0 Å². The number of rotatable bonds is 6. The van der Waals surface area contributed by atoms with Crippen LogP contribution in [-0.4, -0.2) is 50.9 Å². The van der Waals surface area contributed by atoms with Gasteiger partial charge < -0.3 is 10.6 Å². The third-order valence-electron chi connectivity index (χ3n) is 5.53. The Hall–Kier alpha value is -1.15. The Morgan fingerprint density at radius 1 is 1.19 bits per heavy atom. The molecule has 1 aromatic rings. The van der Waals surface area contributed by atoms with Gasteiger partial charge in [-0.1, -0.05) is 25.3 Å². The van der Waals surface area contributed by atoms with Crippen LogP contribution in [0.3, 0.4) is 0 Å². The molecule has 0 spiro atoms. The maximum absolute atomic E-state index is 13.0. The van der Waals surface area contributed by atoms with E-state index in [9.17, 15) is 13.2 Å². The lowest BCUT2D eigenvalue weighted by Crippen LogP contribution is -2.38. The average molecular weight is 416 g/mol. The third kappa shape index (κ3) is 5.44. The van der Waals surface area contributed by atoms with Crippen LogP contribution in [0, 0.1) is 0 Å². The van der Waals surface area contributed by atoms with E-state index in [0.717, 1.165) is 45.1 Å². The van der Waals surface area contributed by atoms with Crippen molar-refractivity contribution in [2.75, 3.05) is 20.1 Å². The van der Waals surface area contributed by atoms with Gasteiger partial charge in [0.25, 0.3) is 5.91 Å². The molecule has 2 fully saturated rings. The number of nitrogens with zero attached hydrogens (tertiary/aromatic N) is 1. The van der Waals surface area contributed by atoms with Gasteiger partial charge in [-0.2, -0.15) is 4.31 Å². The zero-order valence-electron chi connectivity index (χ0n) is 15.8. The molecule has 1 aliphatic heterocycles. The number of nitrogens with one attached hydrogen (secondary N) is 2. The van der Waals surface area contributed by atoms with Gasteiger partial charge in [-0.3, -0.25) is 4.79 Å². The van der Waals surface area contributed by atoms with Crippen LogP contribution in [0.4, 0.5) is 0 Å². The SMILES string of the molecule is CN(C1CCCCC1)S(=O)(=O)c1cccc(C(=O)NCC2CCCN2)c1.Cl. The predicted octanol–water partition coefficient (Wildman–Crippen LogP) is 2.54. The maximum atomic E-state index is 13.0. The van der Waals surface area contributed by atoms with Crippen LogP contribution in [0.2, 0.25) is 0 Å². The van der Waals surface area contributed by atoms with E-state index in [1.165, 1.54) is 16.8 Å². The summed E-state index contributed by atoms with van der Waals surface area (Å²) in [5.74, 6) is -0.226. The van der Waals surface area contributed by atoms with Gasteiger partial charge in [-0.15, -0.1) is 12.4 Å². The summed E-state index contributed by atoms with van der Waals surface area (Å²) in [6.45, 7) is 1.56. The molecule has 2 N–H and O–H groups in total. The van der Waals surface area contributed by atoms with E-state index in [4.69, 9.17) is 0 Å². The fraction of sp³-hybridized carbons (Fsp3) is 0.632. The Kier molecular flexibility index (Phi) is 8.09. The molecule has 1 heterocycles. The highest BCUT2D eigenvalue weighted by Gasteiger charge is 2.29. The molecular weight excluding hydrogens is 386 g/mol. The van der Waals surface area contributed by atoms with Crippen LogP contribution in [-0.2, 0) is 10.0 Å². The van der Waals surface area contributed by atoms with Crippen molar-refractivity contribution in [3.8, 4) is 0 Å². The first-order valence-electron chi connectivity index (χ1n) is 9.58. The second kappa shape index (κ2) is 9.87. The molecule has 1 atom stereocenters. The van der Waals surface area contributed by atoms with Crippen LogP contribution in [0.15, 0.2) is 29.2 Å². The Morgan fingerprint density at radius 2 is 1.93 bits per heavy atom. The predicted molar refractivity (Wildman–Crippen MR) is 109 cm³/mol. The molecule has 0 bridgehead atoms. The molecule has 0 radical (unpaired) electrons. The monoisotopic (exact) mass is 415 g/mol. The number of carbonyl (C=O) groups excluding carboxylic acids is 1. The Labute approximate surface area is 168 Å². The first-order chi connectivity index (χ1) is 12.5. The second-order valence-electron chi connectivity index (χ2n) is 7.34. The molecule has 3 rings (SSSR count). The van der Waals surface area contributed by atoms with E-state index in [1.54, 1.807) is 25.2 Å². The molecule has 1 aromatic carbocycles. The number of hydrogen-bond donors (Lipinski definition) is 2. The quantitative estimate of drug-likeness (QED) is 0.748.